The van der Waals surface area contributed by atoms with Gasteiger partial charge in [0.25, 0.3) is 5.91 Å². The van der Waals surface area contributed by atoms with E-state index >= 15 is 0 Å². The van der Waals surface area contributed by atoms with E-state index in [0.29, 0.717) is 25.9 Å². The van der Waals surface area contributed by atoms with Crippen molar-refractivity contribution in [1.82, 2.24) is 9.21 Å². The Bertz CT molecular complexity index is 707. The number of sulfonamides is 1. The third kappa shape index (κ3) is 3.43. The molecule has 1 heterocycles. The minimum Gasteiger partial charge on any atom is -0.339 e. The molecule has 1 aromatic rings. The Labute approximate surface area is 138 Å². The maximum absolute atomic E-state index is 12.7. The topological polar surface area (TPSA) is 57.7 Å². The van der Waals surface area contributed by atoms with Crippen LogP contribution in [0, 0.1) is 0 Å². The zero-order valence-electron chi connectivity index (χ0n) is 13.8. The van der Waals surface area contributed by atoms with Crippen molar-refractivity contribution in [3.8, 4) is 0 Å². The number of carbonyl (C=O) groups is 1. The summed E-state index contributed by atoms with van der Waals surface area (Å²) >= 11 is 0. The molecule has 1 aliphatic carbocycles. The zero-order valence-corrected chi connectivity index (χ0v) is 14.6. The molecule has 0 saturated carbocycles. The number of piperidine rings is 1. The summed E-state index contributed by atoms with van der Waals surface area (Å²) in [6, 6.07) is 6.05. The number of fused-ring (bicyclic) bond motifs is 1. The fourth-order valence-electron chi connectivity index (χ4n) is 3.59. The van der Waals surface area contributed by atoms with Crippen LogP contribution in [0.2, 0.25) is 0 Å². The second-order valence-corrected chi connectivity index (χ2v) is 8.68. The first kappa shape index (κ1) is 16.5. The van der Waals surface area contributed by atoms with Crippen LogP contribution in [0.3, 0.4) is 0 Å². The van der Waals surface area contributed by atoms with Gasteiger partial charge in [0.2, 0.25) is 10.0 Å². The fraction of sp³-hybridized carbons (Fsp3) is 0.588. The van der Waals surface area contributed by atoms with Crippen molar-refractivity contribution in [3.05, 3.63) is 34.9 Å². The zero-order chi connectivity index (χ0) is 16.6. The minimum absolute atomic E-state index is 0.00549. The number of amides is 1. The van der Waals surface area contributed by atoms with E-state index in [0.717, 1.165) is 18.4 Å². The molecule has 0 atom stereocenters. The molecule has 0 aromatic heterocycles. The molecular formula is C17H24N2O3S. The van der Waals surface area contributed by atoms with Crippen LogP contribution in [-0.2, 0) is 22.9 Å². The lowest BCUT2D eigenvalue weighted by Crippen LogP contribution is -2.47. The van der Waals surface area contributed by atoms with Gasteiger partial charge in [0, 0.05) is 31.7 Å². The molecule has 6 heteroatoms. The van der Waals surface area contributed by atoms with Crippen LogP contribution in [0.1, 0.15) is 40.7 Å². The Morgan fingerprint density at radius 2 is 1.83 bits per heavy atom. The Balaban J connectivity index is 1.65. The molecule has 0 bridgehead atoms. The Kier molecular flexibility index (Phi) is 4.47. The first-order valence-corrected chi connectivity index (χ1v) is 10.0. The molecule has 1 saturated heterocycles. The van der Waals surface area contributed by atoms with E-state index in [1.165, 1.54) is 28.1 Å². The van der Waals surface area contributed by atoms with Gasteiger partial charge in [-0.05, 0) is 55.4 Å². The van der Waals surface area contributed by atoms with E-state index < -0.39 is 10.0 Å². The Morgan fingerprint density at radius 3 is 2.48 bits per heavy atom. The van der Waals surface area contributed by atoms with Crippen molar-refractivity contribution < 1.29 is 13.2 Å². The number of carbonyl (C=O) groups excluding carboxylic acids is 1. The molecule has 3 rings (SSSR count). The monoisotopic (exact) mass is 336 g/mol. The van der Waals surface area contributed by atoms with Crippen molar-refractivity contribution in [2.45, 2.75) is 38.1 Å². The van der Waals surface area contributed by atoms with Gasteiger partial charge in [-0.2, -0.15) is 0 Å². The fourth-order valence-corrected chi connectivity index (χ4v) is 4.34. The van der Waals surface area contributed by atoms with Crippen LogP contribution in [0.15, 0.2) is 18.2 Å². The summed E-state index contributed by atoms with van der Waals surface area (Å²) in [5, 5.41) is 0. The van der Waals surface area contributed by atoms with Crippen LogP contribution >= 0.6 is 0 Å². The van der Waals surface area contributed by atoms with Crippen molar-refractivity contribution in [2.24, 2.45) is 0 Å². The number of hydrogen-bond acceptors (Lipinski definition) is 3. The van der Waals surface area contributed by atoms with E-state index in [9.17, 15) is 13.2 Å². The molecule has 1 amide bonds. The summed E-state index contributed by atoms with van der Waals surface area (Å²) in [7, 11) is -1.55. The second-order valence-electron chi connectivity index (χ2n) is 6.64. The lowest BCUT2D eigenvalue weighted by atomic mass is 10.0. The third-order valence-electron chi connectivity index (χ3n) is 5.13. The van der Waals surface area contributed by atoms with Crippen LogP contribution in [0.4, 0.5) is 0 Å². The lowest BCUT2D eigenvalue weighted by molar-refractivity contribution is 0.0686. The lowest BCUT2D eigenvalue weighted by Gasteiger charge is -2.35. The minimum atomic E-state index is -3.17. The highest BCUT2D eigenvalue weighted by Crippen LogP contribution is 2.24. The summed E-state index contributed by atoms with van der Waals surface area (Å²) in [5.74, 6) is 0.0696. The van der Waals surface area contributed by atoms with Gasteiger partial charge >= 0.3 is 0 Å². The van der Waals surface area contributed by atoms with Crippen molar-refractivity contribution in [2.75, 3.05) is 26.4 Å². The van der Waals surface area contributed by atoms with Crippen molar-refractivity contribution in [3.63, 3.8) is 0 Å². The number of likely N-dealkylation sites (tertiary alicyclic amines) is 1. The maximum atomic E-state index is 12.7. The van der Waals surface area contributed by atoms with E-state index in [4.69, 9.17) is 0 Å². The standard InChI is InChI=1S/C17H24N2O3S/c1-18(23(2,21)22)16-8-10-19(11-9-16)17(20)15-7-6-13-4-3-5-14(13)12-15/h6-7,12,16H,3-5,8-11H2,1-2H3. The molecule has 0 spiro atoms. The normalized spacial score (nSPS) is 19.2. The summed E-state index contributed by atoms with van der Waals surface area (Å²) in [6.45, 7) is 1.22. The number of hydrogen-bond donors (Lipinski definition) is 0. The number of aryl methyl sites for hydroxylation is 2. The Hall–Kier alpha value is -1.40. The van der Waals surface area contributed by atoms with Gasteiger partial charge in [-0.25, -0.2) is 12.7 Å². The average molecular weight is 336 g/mol. The predicted molar refractivity (Wildman–Crippen MR) is 90.0 cm³/mol. The maximum Gasteiger partial charge on any atom is 0.253 e. The van der Waals surface area contributed by atoms with E-state index in [2.05, 4.69) is 6.07 Å². The van der Waals surface area contributed by atoms with Crippen LogP contribution in [-0.4, -0.2) is 56.0 Å². The van der Waals surface area contributed by atoms with E-state index in [1.807, 2.05) is 17.0 Å². The van der Waals surface area contributed by atoms with Crippen LogP contribution in [0.25, 0.3) is 0 Å². The van der Waals surface area contributed by atoms with Gasteiger partial charge in [-0.3, -0.25) is 4.79 Å². The van der Waals surface area contributed by atoms with Gasteiger partial charge in [0.1, 0.15) is 0 Å². The smallest absolute Gasteiger partial charge is 0.253 e. The molecule has 0 unspecified atom stereocenters. The highest BCUT2D eigenvalue weighted by molar-refractivity contribution is 7.88. The quantitative estimate of drug-likeness (QED) is 0.844. The second kappa shape index (κ2) is 6.24. The molecule has 126 valence electrons. The summed E-state index contributed by atoms with van der Waals surface area (Å²) in [4.78, 5) is 14.5. The predicted octanol–water partition coefficient (Wildman–Crippen LogP) is 1.67. The van der Waals surface area contributed by atoms with Gasteiger partial charge in [0.05, 0.1) is 6.26 Å². The van der Waals surface area contributed by atoms with Crippen LogP contribution in [0.5, 0.6) is 0 Å². The van der Waals surface area contributed by atoms with Crippen molar-refractivity contribution >= 4 is 15.9 Å². The number of benzene rings is 1. The highest BCUT2D eigenvalue weighted by atomic mass is 32.2. The molecule has 23 heavy (non-hydrogen) atoms. The third-order valence-corrected chi connectivity index (χ3v) is 6.48. The Morgan fingerprint density at radius 1 is 1.17 bits per heavy atom. The molecule has 2 aliphatic rings. The molecule has 1 aromatic carbocycles. The van der Waals surface area contributed by atoms with E-state index in [1.54, 1.807) is 7.05 Å². The SMILES string of the molecule is CN(C1CCN(C(=O)c2ccc3c(c2)CCC3)CC1)S(C)(=O)=O. The van der Waals surface area contributed by atoms with Gasteiger partial charge in [-0.15, -0.1) is 0 Å². The van der Waals surface area contributed by atoms with Crippen LogP contribution < -0.4 is 0 Å². The first-order chi connectivity index (χ1) is 10.9. The number of nitrogens with zero attached hydrogens (tertiary/aromatic N) is 2. The van der Waals surface area contributed by atoms with Gasteiger partial charge < -0.3 is 4.90 Å². The highest BCUT2D eigenvalue weighted by Gasteiger charge is 2.29. The molecule has 0 N–H and O–H groups in total. The molecule has 5 nitrogen and oxygen atoms in total. The summed E-state index contributed by atoms with van der Waals surface area (Å²) in [5.41, 5.74) is 3.44. The molecule has 1 fully saturated rings. The summed E-state index contributed by atoms with van der Waals surface area (Å²) in [6.07, 6.45) is 5.98. The largest absolute Gasteiger partial charge is 0.339 e. The molecule has 1 aliphatic heterocycles. The van der Waals surface area contributed by atoms with Gasteiger partial charge in [-0.1, -0.05) is 6.07 Å². The molecular weight excluding hydrogens is 312 g/mol. The first-order valence-electron chi connectivity index (χ1n) is 8.20. The molecule has 0 radical (unpaired) electrons. The summed E-state index contributed by atoms with van der Waals surface area (Å²) < 4.78 is 24.7. The van der Waals surface area contributed by atoms with Gasteiger partial charge in [0.15, 0.2) is 0 Å². The average Bonchev–Trinajstić information content (AvgIpc) is 3.00. The van der Waals surface area contributed by atoms with Crippen molar-refractivity contribution in [1.29, 1.82) is 0 Å². The van der Waals surface area contributed by atoms with E-state index in [-0.39, 0.29) is 11.9 Å². The number of rotatable bonds is 3.